The molecule has 0 bridgehead atoms. The fourth-order valence-corrected chi connectivity index (χ4v) is 8.10. The largest absolute Gasteiger partial charge is 0.425 e. The highest BCUT2D eigenvalue weighted by Crippen LogP contribution is 2.42. The van der Waals surface area contributed by atoms with E-state index < -0.39 is 17.7 Å². The molecule has 1 aromatic carbocycles. The van der Waals surface area contributed by atoms with Crippen molar-refractivity contribution in [3.8, 4) is 10.4 Å². The topological polar surface area (TPSA) is 77.3 Å². The zero-order chi connectivity index (χ0) is 30.6. The van der Waals surface area contributed by atoms with Gasteiger partial charge in [0.05, 0.1) is 31.2 Å². The number of carbonyl (C=O) groups excluding carboxylic acids is 3. The van der Waals surface area contributed by atoms with E-state index in [1.54, 1.807) is 6.92 Å². The van der Waals surface area contributed by atoms with Crippen LogP contribution in [-0.2, 0) is 19.1 Å². The Hall–Kier alpha value is -2.71. The number of nitrogens with one attached hydrogen (secondary N) is 1. The van der Waals surface area contributed by atoms with Crippen molar-refractivity contribution in [3.63, 3.8) is 0 Å². The van der Waals surface area contributed by atoms with Gasteiger partial charge in [0.2, 0.25) is 12.2 Å². The van der Waals surface area contributed by atoms with Gasteiger partial charge in [-0.3, -0.25) is 9.59 Å². The molecule has 3 fully saturated rings. The van der Waals surface area contributed by atoms with Crippen LogP contribution in [0.3, 0.4) is 0 Å². The first kappa shape index (κ1) is 31.7. The molecule has 1 aliphatic heterocycles. The van der Waals surface area contributed by atoms with Crippen molar-refractivity contribution in [3.05, 3.63) is 41.3 Å². The van der Waals surface area contributed by atoms with Crippen molar-refractivity contribution in [2.45, 2.75) is 104 Å². The van der Waals surface area contributed by atoms with Crippen LogP contribution in [0.2, 0.25) is 0 Å². The number of amides is 1. The van der Waals surface area contributed by atoms with Crippen molar-refractivity contribution in [2.24, 2.45) is 17.3 Å². The minimum absolute atomic E-state index is 0.0295. The van der Waals surface area contributed by atoms with Crippen LogP contribution in [0, 0.1) is 17.3 Å². The Balaban J connectivity index is 1.45. The van der Waals surface area contributed by atoms with Crippen LogP contribution in [0.25, 0.3) is 10.4 Å². The van der Waals surface area contributed by atoms with Crippen LogP contribution in [0.4, 0.5) is 5.69 Å². The average molecular weight is 610 g/mol. The van der Waals surface area contributed by atoms with Crippen molar-refractivity contribution >= 4 is 34.9 Å². The molecule has 8 heteroatoms. The summed E-state index contributed by atoms with van der Waals surface area (Å²) in [6.45, 7) is 7.79. The number of carbonyl (C=O) groups is 3. The molecular weight excluding hydrogens is 560 g/mol. The summed E-state index contributed by atoms with van der Waals surface area (Å²) >= 11 is 1.35. The third-order valence-corrected chi connectivity index (χ3v) is 11.1. The number of ether oxygens (including phenoxy) is 2. The number of nitrogens with zero attached hydrogens (tertiary/aromatic N) is 1. The number of thiophene rings is 1. The highest BCUT2D eigenvalue weighted by atomic mass is 32.1. The molecule has 234 valence electrons. The number of hydrogen-bond donors (Lipinski definition) is 1. The molecule has 2 aliphatic carbocycles. The molecule has 1 unspecified atom stereocenters. The van der Waals surface area contributed by atoms with Gasteiger partial charge in [-0.05, 0) is 63.0 Å². The zero-order valence-electron chi connectivity index (χ0n) is 26.4. The summed E-state index contributed by atoms with van der Waals surface area (Å²) in [7, 11) is 2.20. The number of anilines is 1. The average Bonchev–Trinajstić information content (AvgIpc) is 3.44. The second-order valence-corrected chi connectivity index (χ2v) is 14.6. The van der Waals surface area contributed by atoms with E-state index in [4.69, 9.17) is 9.47 Å². The minimum Gasteiger partial charge on any atom is -0.425 e. The highest BCUT2D eigenvalue weighted by Gasteiger charge is 2.40. The van der Waals surface area contributed by atoms with E-state index in [1.807, 2.05) is 48.2 Å². The SMILES string of the molecule is CC1CCC(C(=O)N(c2cc(-c3ccccc3)sc2C(=O)OC(C)OC(=O)C2(C)CCCCC2)C2CC[NH+](C)CC2)CC1. The van der Waals surface area contributed by atoms with E-state index in [1.165, 1.54) is 16.2 Å². The maximum absolute atomic E-state index is 14.4. The standard InChI is InChI=1S/C35H48N2O5S/c1-24-13-15-27(16-14-24)32(38)37(28-17-21-36(4)22-18-28)29-23-30(26-11-7-5-8-12-26)43-31(29)33(39)41-25(2)42-34(40)35(3)19-9-6-10-20-35/h5,7-8,11-12,23-25,27-28H,6,9-10,13-22H2,1-4H3/p+1. The molecule has 2 aromatic rings. The third-order valence-electron chi connectivity index (χ3n) is 9.99. The normalized spacial score (nSPS) is 26.2. The monoisotopic (exact) mass is 609 g/mol. The minimum atomic E-state index is -1.02. The van der Waals surface area contributed by atoms with Crippen molar-refractivity contribution < 1.29 is 28.8 Å². The van der Waals surface area contributed by atoms with E-state index >= 15 is 0 Å². The van der Waals surface area contributed by atoms with Gasteiger partial charge in [0, 0.05) is 36.6 Å². The smallest absolute Gasteiger partial charge is 0.353 e. The number of esters is 2. The summed E-state index contributed by atoms with van der Waals surface area (Å²) in [4.78, 5) is 46.1. The van der Waals surface area contributed by atoms with Crippen molar-refractivity contribution in [2.75, 3.05) is 25.0 Å². The molecule has 1 saturated heterocycles. The molecule has 1 aromatic heterocycles. The van der Waals surface area contributed by atoms with Crippen molar-refractivity contribution in [1.82, 2.24) is 0 Å². The molecule has 2 saturated carbocycles. The number of quaternary nitrogens is 1. The quantitative estimate of drug-likeness (QED) is 0.282. The van der Waals surface area contributed by atoms with Crippen LogP contribution in [0.1, 0.15) is 101 Å². The lowest BCUT2D eigenvalue weighted by atomic mass is 9.76. The lowest BCUT2D eigenvalue weighted by Crippen LogP contribution is -3.10. The highest BCUT2D eigenvalue weighted by molar-refractivity contribution is 7.18. The van der Waals surface area contributed by atoms with Gasteiger partial charge < -0.3 is 19.3 Å². The van der Waals surface area contributed by atoms with Gasteiger partial charge in [-0.25, -0.2) is 4.79 Å². The number of likely N-dealkylation sites (tertiary alicyclic amines) is 1. The summed E-state index contributed by atoms with van der Waals surface area (Å²) in [5.74, 6) is -0.123. The Morgan fingerprint density at radius 3 is 2.26 bits per heavy atom. The summed E-state index contributed by atoms with van der Waals surface area (Å²) < 4.78 is 11.5. The molecule has 0 spiro atoms. The third kappa shape index (κ3) is 7.51. The van der Waals surface area contributed by atoms with E-state index in [0.717, 1.165) is 94.2 Å². The molecule has 1 N–H and O–H groups in total. The summed E-state index contributed by atoms with van der Waals surface area (Å²) in [6.07, 6.45) is 9.34. The number of rotatable bonds is 8. The first-order chi connectivity index (χ1) is 20.6. The fourth-order valence-electron chi connectivity index (χ4n) is 7.06. The summed E-state index contributed by atoms with van der Waals surface area (Å²) in [5, 5.41) is 0. The lowest BCUT2D eigenvalue weighted by Gasteiger charge is -2.38. The molecule has 5 rings (SSSR count). The predicted octanol–water partition coefficient (Wildman–Crippen LogP) is 6.27. The molecule has 43 heavy (non-hydrogen) atoms. The molecule has 7 nitrogen and oxygen atoms in total. The number of benzene rings is 1. The Bertz CT molecular complexity index is 1250. The Kier molecular flexibility index (Phi) is 10.3. The molecular formula is C35H49N2O5S+. The van der Waals surface area contributed by atoms with E-state index in [-0.39, 0.29) is 23.8 Å². The van der Waals surface area contributed by atoms with E-state index in [2.05, 4.69) is 14.0 Å². The first-order valence-corrected chi connectivity index (χ1v) is 17.2. The van der Waals surface area contributed by atoms with Crippen LogP contribution >= 0.6 is 11.3 Å². The van der Waals surface area contributed by atoms with Crippen molar-refractivity contribution in [1.29, 1.82) is 0 Å². The van der Waals surface area contributed by atoms with Gasteiger partial charge >= 0.3 is 11.9 Å². The van der Waals surface area contributed by atoms with Gasteiger partial charge in [0.1, 0.15) is 4.88 Å². The van der Waals surface area contributed by atoms with Gasteiger partial charge in [-0.2, -0.15) is 0 Å². The van der Waals surface area contributed by atoms with Crippen LogP contribution in [-0.4, -0.2) is 50.3 Å². The maximum Gasteiger partial charge on any atom is 0.353 e. The number of hydrogen-bond acceptors (Lipinski definition) is 6. The van der Waals surface area contributed by atoms with Gasteiger partial charge in [-0.15, -0.1) is 11.3 Å². The van der Waals surface area contributed by atoms with E-state index in [0.29, 0.717) is 16.5 Å². The summed E-state index contributed by atoms with van der Waals surface area (Å²) in [5.41, 5.74) is 1.09. The van der Waals surface area contributed by atoms with Crippen LogP contribution in [0.5, 0.6) is 0 Å². The molecule has 0 radical (unpaired) electrons. The second kappa shape index (κ2) is 13.9. The van der Waals surface area contributed by atoms with Crippen LogP contribution < -0.4 is 9.80 Å². The lowest BCUT2D eigenvalue weighted by molar-refractivity contribution is -0.884. The van der Waals surface area contributed by atoms with Gasteiger partial charge in [0.25, 0.3) is 0 Å². The van der Waals surface area contributed by atoms with Crippen LogP contribution in [0.15, 0.2) is 36.4 Å². The zero-order valence-corrected chi connectivity index (χ0v) is 27.2. The second-order valence-electron chi connectivity index (χ2n) is 13.5. The fraction of sp³-hybridized carbons (Fsp3) is 0.629. The first-order valence-electron chi connectivity index (χ1n) is 16.4. The Morgan fingerprint density at radius 2 is 1.60 bits per heavy atom. The Morgan fingerprint density at radius 1 is 0.953 bits per heavy atom. The molecule has 3 aliphatic rings. The van der Waals surface area contributed by atoms with Gasteiger partial charge in [-0.1, -0.05) is 56.5 Å². The summed E-state index contributed by atoms with van der Waals surface area (Å²) in [6, 6.07) is 12.0. The number of piperidine rings is 1. The molecule has 1 amide bonds. The van der Waals surface area contributed by atoms with Gasteiger partial charge in [0.15, 0.2) is 0 Å². The predicted molar refractivity (Wildman–Crippen MR) is 170 cm³/mol. The molecule has 2 heterocycles. The maximum atomic E-state index is 14.4. The Labute approximate surface area is 260 Å². The molecule has 1 atom stereocenters. The van der Waals surface area contributed by atoms with E-state index in [9.17, 15) is 14.4 Å².